The van der Waals surface area contributed by atoms with Gasteiger partial charge in [0.05, 0.1) is 16.2 Å². The predicted molar refractivity (Wildman–Crippen MR) is 116 cm³/mol. The Kier molecular flexibility index (Phi) is 5.15. The molecule has 2 heterocycles. The first-order valence-electron chi connectivity index (χ1n) is 8.83. The minimum atomic E-state index is -0.123. The van der Waals surface area contributed by atoms with Gasteiger partial charge in [-0.05, 0) is 50.1 Å². The molecule has 0 saturated heterocycles. The second-order valence-corrected chi connectivity index (χ2v) is 9.04. The molecule has 142 valence electrons. The average molecular weight is 410 g/mol. The van der Waals surface area contributed by atoms with Gasteiger partial charge < -0.3 is 10.3 Å². The molecule has 6 nitrogen and oxygen atoms in total. The van der Waals surface area contributed by atoms with E-state index in [0.717, 1.165) is 15.2 Å². The van der Waals surface area contributed by atoms with Crippen molar-refractivity contribution >= 4 is 44.8 Å². The van der Waals surface area contributed by atoms with Crippen LogP contribution < -0.4 is 10.9 Å². The SMILES string of the molecule is Cc1cccc(Nc2nnc(S[C@@H](C)c3nc4ccccc4c(=O)[nH]3)s2)c1C. The van der Waals surface area contributed by atoms with Crippen molar-refractivity contribution in [3.63, 3.8) is 0 Å². The number of hydrogen-bond acceptors (Lipinski definition) is 7. The van der Waals surface area contributed by atoms with E-state index in [0.29, 0.717) is 16.7 Å². The number of fused-ring (bicyclic) bond motifs is 1. The molecule has 0 fully saturated rings. The fraction of sp³-hybridized carbons (Fsp3) is 0.200. The van der Waals surface area contributed by atoms with Crippen LogP contribution >= 0.6 is 23.1 Å². The summed E-state index contributed by atoms with van der Waals surface area (Å²) in [6, 6.07) is 13.5. The van der Waals surface area contributed by atoms with E-state index < -0.39 is 0 Å². The molecule has 28 heavy (non-hydrogen) atoms. The summed E-state index contributed by atoms with van der Waals surface area (Å²) >= 11 is 3.01. The molecule has 2 aromatic heterocycles. The van der Waals surface area contributed by atoms with Gasteiger partial charge in [0.25, 0.3) is 5.56 Å². The van der Waals surface area contributed by atoms with E-state index in [-0.39, 0.29) is 10.8 Å². The first-order valence-corrected chi connectivity index (χ1v) is 10.5. The summed E-state index contributed by atoms with van der Waals surface area (Å²) in [5.74, 6) is 0.632. The Hall–Kier alpha value is -2.71. The van der Waals surface area contributed by atoms with Crippen LogP contribution in [0.5, 0.6) is 0 Å². The molecule has 0 aliphatic heterocycles. The van der Waals surface area contributed by atoms with E-state index in [1.54, 1.807) is 6.07 Å². The lowest BCUT2D eigenvalue weighted by Crippen LogP contribution is -2.12. The smallest absolute Gasteiger partial charge is 0.258 e. The second-order valence-electron chi connectivity index (χ2n) is 6.47. The second kappa shape index (κ2) is 7.73. The van der Waals surface area contributed by atoms with Crippen LogP contribution in [0.15, 0.2) is 51.6 Å². The van der Waals surface area contributed by atoms with Gasteiger partial charge in [-0.3, -0.25) is 4.79 Å². The fourth-order valence-electron chi connectivity index (χ4n) is 2.81. The highest BCUT2D eigenvalue weighted by molar-refractivity contribution is 8.01. The van der Waals surface area contributed by atoms with Gasteiger partial charge in [0.2, 0.25) is 5.13 Å². The first-order chi connectivity index (χ1) is 13.5. The molecule has 1 atom stereocenters. The molecule has 2 aromatic carbocycles. The molecule has 0 bridgehead atoms. The molecule has 0 aliphatic carbocycles. The third kappa shape index (κ3) is 3.79. The number of thioether (sulfide) groups is 1. The molecular weight excluding hydrogens is 390 g/mol. The predicted octanol–water partition coefficient (Wildman–Crippen LogP) is 4.99. The third-order valence-electron chi connectivity index (χ3n) is 4.55. The van der Waals surface area contributed by atoms with Gasteiger partial charge in [-0.25, -0.2) is 4.98 Å². The molecule has 0 unspecified atom stereocenters. The summed E-state index contributed by atoms with van der Waals surface area (Å²) in [7, 11) is 0. The quantitative estimate of drug-likeness (QED) is 0.452. The molecular formula is C20H19N5OS2. The number of nitrogens with zero attached hydrogens (tertiary/aromatic N) is 3. The summed E-state index contributed by atoms with van der Waals surface area (Å²) in [6.45, 7) is 6.16. The summed E-state index contributed by atoms with van der Waals surface area (Å²) < 4.78 is 0.816. The Morgan fingerprint density at radius 1 is 1.11 bits per heavy atom. The minimum absolute atomic E-state index is 0.0567. The third-order valence-corrected chi connectivity index (χ3v) is 6.58. The van der Waals surface area contributed by atoms with Gasteiger partial charge in [0.1, 0.15) is 5.82 Å². The summed E-state index contributed by atoms with van der Waals surface area (Å²) in [4.78, 5) is 19.8. The molecule has 0 saturated carbocycles. The van der Waals surface area contributed by atoms with Crippen molar-refractivity contribution in [1.29, 1.82) is 0 Å². The monoisotopic (exact) mass is 409 g/mol. The van der Waals surface area contributed by atoms with Crippen LogP contribution in [0.25, 0.3) is 10.9 Å². The molecule has 0 amide bonds. The summed E-state index contributed by atoms with van der Waals surface area (Å²) in [5.41, 5.74) is 4.02. The van der Waals surface area contributed by atoms with Crippen molar-refractivity contribution in [2.45, 2.75) is 30.4 Å². The van der Waals surface area contributed by atoms with Gasteiger partial charge in [-0.15, -0.1) is 10.2 Å². The number of para-hydroxylation sites is 1. The lowest BCUT2D eigenvalue weighted by atomic mass is 10.1. The largest absolute Gasteiger partial charge is 0.330 e. The van der Waals surface area contributed by atoms with E-state index in [2.05, 4.69) is 45.4 Å². The number of hydrogen-bond donors (Lipinski definition) is 2. The van der Waals surface area contributed by atoms with Crippen molar-refractivity contribution < 1.29 is 0 Å². The highest BCUT2D eigenvalue weighted by Gasteiger charge is 2.15. The zero-order chi connectivity index (χ0) is 19.7. The van der Waals surface area contributed by atoms with Crippen molar-refractivity contribution in [2.75, 3.05) is 5.32 Å². The standard InChI is InChI=1S/C20H19N5OS2/c1-11-7-6-10-15(12(11)2)22-19-24-25-20(28-19)27-13(3)17-21-16-9-5-4-8-14(16)18(26)23-17/h4-10,13H,1-3H3,(H,22,24)(H,21,23,26)/t13-/m0/s1. The fourth-order valence-corrected chi connectivity index (χ4v) is 4.78. The van der Waals surface area contributed by atoms with Gasteiger partial charge in [-0.1, -0.05) is 47.4 Å². The number of aryl methyl sites for hydroxylation is 1. The number of rotatable bonds is 5. The van der Waals surface area contributed by atoms with Crippen molar-refractivity contribution in [3.05, 3.63) is 69.8 Å². The van der Waals surface area contributed by atoms with E-state index in [4.69, 9.17) is 0 Å². The Bertz CT molecular complexity index is 1200. The van der Waals surface area contributed by atoms with Crippen LogP contribution in [-0.2, 0) is 0 Å². The molecule has 0 radical (unpaired) electrons. The number of aromatic nitrogens is 4. The zero-order valence-electron chi connectivity index (χ0n) is 15.7. The number of aromatic amines is 1. The van der Waals surface area contributed by atoms with Crippen LogP contribution in [0.3, 0.4) is 0 Å². The Morgan fingerprint density at radius 3 is 2.79 bits per heavy atom. The number of nitrogens with one attached hydrogen (secondary N) is 2. The maximum absolute atomic E-state index is 12.3. The number of benzene rings is 2. The van der Waals surface area contributed by atoms with Crippen LogP contribution in [-0.4, -0.2) is 20.2 Å². The van der Waals surface area contributed by atoms with Gasteiger partial charge in [0, 0.05) is 5.69 Å². The lowest BCUT2D eigenvalue weighted by Gasteiger charge is -2.09. The average Bonchev–Trinajstić information content (AvgIpc) is 3.12. The van der Waals surface area contributed by atoms with Crippen LogP contribution in [0, 0.1) is 13.8 Å². The van der Waals surface area contributed by atoms with Crippen molar-refractivity contribution in [1.82, 2.24) is 20.2 Å². The van der Waals surface area contributed by atoms with E-state index >= 15 is 0 Å². The Morgan fingerprint density at radius 2 is 1.93 bits per heavy atom. The molecule has 4 aromatic rings. The Labute approximate surface area is 170 Å². The number of anilines is 2. The van der Waals surface area contributed by atoms with Crippen LogP contribution in [0.2, 0.25) is 0 Å². The topological polar surface area (TPSA) is 83.6 Å². The molecule has 4 rings (SSSR count). The van der Waals surface area contributed by atoms with Gasteiger partial charge >= 0.3 is 0 Å². The molecule has 0 aliphatic rings. The highest BCUT2D eigenvalue weighted by atomic mass is 32.2. The van der Waals surface area contributed by atoms with Gasteiger partial charge in [0.15, 0.2) is 4.34 Å². The first kappa shape index (κ1) is 18.6. The number of H-pyrrole nitrogens is 1. The maximum Gasteiger partial charge on any atom is 0.258 e. The van der Waals surface area contributed by atoms with Crippen LogP contribution in [0.4, 0.5) is 10.8 Å². The zero-order valence-corrected chi connectivity index (χ0v) is 17.3. The lowest BCUT2D eigenvalue weighted by molar-refractivity contribution is 0.916. The molecule has 2 N–H and O–H groups in total. The van der Waals surface area contributed by atoms with Gasteiger partial charge in [-0.2, -0.15) is 0 Å². The maximum atomic E-state index is 12.3. The Balaban J connectivity index is 1.52. The van der Waals surface area contributed by atoms with Crippen molar-refractivity contribution in [3.8, 4) is 0 Å². The highest BCUT2D eigenvalue weighted by Crippen LogP contribution is 2.37. The van der Waals surface area contributed by atoms with E-state index in [1.165, 1.54) is 34.2 Å². The summed E-state index contributed by atoms with van der Waals surface area (Å²) in [5, 5.41) is 13.1. The molecule has 8 heteroatoms. The normalized spacial score (nSPS) is 12.2. The van der Waals surface area contributed by atoms with Crippen molar-refractivity contribution in [2.24, 2.45) is 0 Å². The minimum Gasteiger partial charge on any atom is -0.330 e. The summed E-state index contributed by atoms with van der Waals surface area (Å²) in [6.07, 6.45) is 0. The van der Waals surface area contributed by atoms with E-state index in [1.807, 2.05) is 37.3 Å². The molecule has 0 spiro atoms. The van der Waals surface area contributed by atoms with E-state index in [9.17, 15) is 4.79 Å². The van der Waals surface area contributed by atoms with Crippen LogP contribution in [0.1, 0.15) is 29.1 Å².